The van der Waals surface area contributed by atoms with Crippen LogP contribution in [0.25, 0.3) is 10.9 Å². The lowest BCUT2D eigenvalue weighted by molar-refractivity contribution is 0.573. The molecule has 0 bridgehead atoms. The summed E-state index contributed by atoms with van der Waals surface area (Å²) in [6, 6.07) is 9.92. The fourth-order valence-electron chi connectivity index (χ4n) is 3.86. The lowest BCUT2D eigenvalue weighted by atomic mass is 10.1. The number of piperidine rings is 1. The largest absolute Gasteiger partial charge is 0.384 e. The Morgan fingerprint density at radius 1 is 0.967 bits per heavy atom. The summed E-state index contributed by atoms with van der Waals surface area (Å²) in [5.74, 6) is 1.79. The molecule has 30 heavy (non-hydrogen) atoms. The molecule has 4 rings (SSSR count). The fraction of sp³-hybridized carbons (Fsp3) is 0.435. The van der Waals surface area contributed by atoms with E-state index in [2.05, 4.69) is 31.6 Å². The Morgan fingerprint density at radius 3 is 2.60 bits per heavy atom. The lowest BCUT2D eigenvalue weighted by Crippen LogP contribution is -2.30. The standard InChI is InChI=1S/C23H29ClN6/c1-17-15-22(30-13-5-2-6-14-30)29-23(28-17)27-11-4-3-10-25-20-9-12-26-21-16-18(24)7-8-19(20)21/h7-9,12,15-16H,2-6,10-11,13-14H2,1H3,(H,25,26)(H,27,28,29). The summed E-state index contributed by atoms with van der Waals surface area (Å²) in [7, 11) is 0. The number of fused-ring (bicyclic) bond motifs is 1. The number of benzene rings is 1. The van der Waals surface area contributed by atoms with E-state index in [9.17, 15) is 0 Å². The van der Waals surface area contributed by atoms with Crippen molar-refractivity contribution in [2.75, 3.05) is 41.7 Å². The van der Waals surface area contributed by atoms with Gasteiger partial charge in [0.25, 0.3) is 0 Å². The van der Waals surface area contributed by atoms with Gasteiger partial charge in [0, 0.05) is 60.2 Å². The summed E-state index contributed by atoms with van der Waals surface area (Å²) < 4.78 is 0. The van der Waals surface area contributed by atoms with Crippen molar-refractivity contribution < 1.29 is 0 Å². The van der Waals surface area contributed by atoms with Gasteiger partial charge < -0.3 is 15.5 Å². The van der Waals surface area contributed by atoms with Crippen LogP contribution >= 0.6 is 11.6 Å². The molecule has 1 aliphatic heterocycles. The van der Waals surface area contributed by atoms with Gasteiger partial charge in [-0.25, -0.2) is 4.98 Å². The molecule has 3 heterocycles. The van der Waals surface area contributed by atoms with Gasteiger partial charge in [-0.15, -0.1) is 0 Å². The Kier molecular flexibility index (Phi) is 6.84. The third-order valence-corrected chi connectivity index (χ3v) is 5.66. The summed E-state index contributed by atoms with van der Waals surface area (Å²) in [5, 5.41) is 8.72. The summed E-state index contributed by atoms with van der Waals surface area (Å²) >= 11 is 6.07. The van der Waals surface area contributed by atoms with Crippen LogP contribution < -0.4 is 15.5 Å². The summed E-state index contributed by atoms with van der Waals surface area (Å²) in [6.07, 6.45) is 7.73. The molecule has 6 nitrogen and oxygen atoms in total. The van der Waals surface area contributed by atoms with Gasteiger partial charge in [0.05, 0.1) is 5.52 Å². The zero-order valence-corrected chi connectivity index (χ0v) is 18.3. The van der Waals surface area contributed by atoms with Crippen molar-refractivity contribution in [3.8, 4) is 0 Å². The average Bonchev–Trinajstić information content (AvgIpc) is 2.76. The number of hydrogen-bond donors (Lipinski definition) is 2. The Balaban J connectivity index is 1.24. The summed E-state index contributed by atoms with van der Waals surface area (Å²) in [4.78, 5) is 16.1. The minimum atomic E-state index is 0.708. The fourth-order valence-corrected chi connectivity index (χ4v) is 4.03. The predicted molar refractivity (Wildman–Crippen MR) is 126 cm³/mol. The van der Waals surface area contributed by atoms with Crippen molar-refractivity contribution in [1.29, 1.82) is 0 Å². The minimum Gasteiger partial charge on any atom is -0.384 e. The highest BCUT2D eigenvalue weighted by Crippen LogP contribution is 2.24. The summed E-state index contributed by atoms with van der Waals surface area (Å²) in [5.41, 5.74) is 3.02. The molecule has 2 aromatic heterocycles. The maximum Gasteiger partial charge on any atom is 0.224 e. The first kappa shape index (κ1) is 20.7. The molecule has 0 spiro atoms. The first-order valence-electron chi connectivity index (χ1n) is 10.8. The molecule has 1 saturated heterocycles. The van der Waals surface area contributed by atoms with Crippen molar-refractivity contribution >= 4 is 40.0 Å². The Labute approximate surface area is 183 Å². The molecule has 0 saturated carbocycles. The quantitative estimate of drug-likeness (QED) is 0.479. The van der Waals surface area contributed by atoms with E-state index in [4.69, 9.17) is 16.6 Å². The number of halogens is 1. The molecular weight excluding hydrogens is 396 g/mol. The topological polar surface area (TPSA) is 66.0 Å². The smallest absolute Gasteiger partial charge is 0.224 e. The molecule has 158 valence electrons. The van der Waals surface area contributed by atoms with Gasteiger partial charge in [0.2, 0.25) is 5.95 Å². The van der Waals surface area contributed by atoms with E-state index in [1.54, 1.807) is 0 Å². The molecule has 0 aliphatic carbocycles. The molecule has 0 amide bonds. The van der Waals surface area contributed by atoms with Crippen LogP contribution in [0.4, 0.5) is 17.5 Å². The zero-order chi connectivity index (χ0) is 20.8. The molecule has 3 aromatic rings. The number of hydrogen-bond acceptors (Lipinski definition) is 6. The van der Waals surface area contributed by atoms with Crippen LogP contribution in [0.3, 0.4) is 0 Å². The van der Waals surface area contributed by atoms with E-state index in [-0.39, 0.29) is 0 Å². The number of anilines is 3. The molecule has 2 N–H and O–H groups in total. The number of pyridine rings is 1. The number of nitrogens with one attached hydrogen (secondary N) is 2. The van der Waals surface area contributed by atoms with Gasteiger partial charge in [0.15, 0.2) is 0 Å². The van der Waals surface area contributed by atoms with Crippen LogP contribution in [-0.2, 0) is 0 Å². The molecule has 1 aromatic carbocycles. The summed E-state index contributed by atoms with van der Waals surface area (Å²) in [6.45, 7) is 5.99. The van der Waals surface area contributed by atoms with Gasteiger partial charge in [-0.1, -0.05) is 11.6 Å². The van der Waals surface area contributed by atoms with Gasteiger partial charge in [-0.2, -0.15) is 4.98 Å². The van der Waals surface area contributed by atoms with Crippen LogP contribution in [-0.4, -0.2) is 41.1 Å². The van der Waals surface area contributed by atoms with Crippen LogP contribution in [0.1, 0.15) is 37.8 Å². The van der Waals surface area contributed by atoms with Gasteiger partial charge >= 0.3 is 0 Å². The highest BCUT2D eigenvalue weighted by atomic mass is 35.5. The second-order valence-corrected chi connectivity index (χ2v) is 8.26. The monoisotopic (exact) mass is 424 g/mol. The van der Waals surface area contributed by atoms with Gasteiger partial charge in [0.1, 0.15) is 5.82 Å². The zero-order valence-electron chi connectivity index (χ0n) is 17.5. The van der Waals surface area contributed by atoms with Crippen LogP contribution in [0.5, 0.6) is 0 Å². The maximum atomic E-state index is 6.07. The molecule has 0 atom stereocenters. The number of aromatic nitrogens is 3. The first-order chi connectivity index (χ1) is 14.7. The SMILES string of the molecule is Cc1cc(N2CCCCC2)nc(NCCCCNc2ccnc3cc(Cl)ccc23)n1. The van der Waals surface area contributed by atoms with Crippen molar-refractivity contribution in [3.63, 3.8) is 0 Å². The molecule has 1 aliphatic rings. The molecular formula is C23H29ClN6. The van der Waals surface area contributed by atoms with E-state index in [1.165, 1.54) is 19.3 Å². The maximum absolute atomic E-state index is 6.07. The number of unbranched alkanes of at least 4 members (excludes halogenated alkanes) is 1. The van der Waals surface area contributed by atoms with Gasteiger partial charge in [-0.05, 0) is 63.3 Å². The molecule has 0 radical (unpaired) electrons. The van der Waals surface area contributed by atoms with Crippen molar-refractivity contribution in [2.24, 2.45) is 0 Å². The number of rotatable bonds is 8. The van der Waals surface area contributed by atoms with E-state index >= 15 is 0 Å². The minimum absolute atomic E-state index is 0.708. The van der Waals surface area contributed by atoms with E-state index in [0.717, 1.165) is 73.1 Å². The van der Waals surface area contributed by atoms with Crippen molar-refractivity contribution in [3.05, 3.63) is 47.2 Å². The highest BCUT2D eigenvalue weighted by Gasteiger charge is 2.13. The predicted octanol–water partition coefficient (Wildman–Crippen LogP) is 5.28. The third-order valence-electron chi connectivity index (χ3n) is 5.43. The lowest BCUT2D eigenvalue weighted by Gasteiger charge is -2.28. The molecule has 0 unspecified atom stereocenters. The van der Waals surface area contributed by atoms with E-state index in [1.807, 2.05) is 37.4 Å². The van der Waals surface area contributed by atoms with Crippen LogP contribution in [0.2, 0.25) is 5.02 Å². The first-order valence-corrected chi connectivity index (χ1v) is 11.2. The normalized spacial score (nSPS) is 14.1. The number of nitrogens with zero attached hydrogens (tertiary/aromatic N) is 4. The Hall–Kier alpha value is -2.60. The second-order valence-electron chi connectivity index (χ2n) is 7.82. The Morgan fingerprint density at radius 2 is 1.77 bits per heavy atom. The second kappa shape index (κ2) is 9.94. The molecule has 1 fully saturated rings. The van der Waals surface area contributed by atoms with Crippen molar-refractivity contribution in [2.45, 2.75) is 39.0 Å². The van der Waals surface area contributed by atoms with Gasteiger partial charge in [-0.3, -0.25) is 4.98 Å². The van der Waals surface area contributed by atoms with E-state index < -0.39 is 0 Å². The third kappa shape index (κ3) is 5.30. The van der Waals surface area contributed by atoms with Crippen LogP contribution in [0.15, 0.2) is 36.5 Å². The Bertz CT molecular complexity index is 987. The average molecular weight is 425 g/mol. The molecule has 7 heteroatoms. The highest BCUT2D eigenvalue weighted by molar-refractivity contribution is 6.31. The van der Waals surface area contributed by atoms with E-state index in [0.29, 0.717) is 5.02 Å². The number of aryl methyl sites for hydroxylation is 1. The van der Waals surface area contributed by atoms with Crippen molar-refractivity contribution in [1.82, 2.24) is 15.0 Å². The van der Waals surface area contributed by atoms with Crippen LogP contribution in [0, 0.1) is 6.92 Å².